The van der Waals surface area contributed by atoms with Gasteiger partial charge in [0.2, 0.25) is 5.91 Å². The highest BCUT2D eigenvalue weighted by atomic mass is 32.2. The third-order valence-electron chi connectivity index (χ3n) is 4.83. The summed E-state index contributed by atoms with van der Waals surface area (Å²) in [5, 5.41) is 12.4. The zero-order valence-corrected chi connectivity index (χ0v) is 18.4. The van der Waals surface area contributed by atoms with Gasteiger partial charge in [-0.1, -0.05) is 54.3 Å². The molecule has 1 saturated heterocycles. The van der Waals surface area contributed by atoms with E-state index in [1.807, 2.05) is 66.4 Å². The maximum atomic E-state index is 12.7. The van der Waals surface area contributed by atoms with Crippen molar-refractivity contribution < 1.29 is 14.7 Å². The number of nitrogens with zero attached hydrogens (tertiary/aromatic N) is 2. The first-order valence-electron chi connectivity index (χ1n) is 9.78. The molecule has 158 valence electrons. The molecule has 1 fully saturated rings. The van der Waals surface area contributed by atoms with Crippen molar-refractivity contribution in [1.29, 1.82) is 0 Å². The van der Waals surface area contributed by atoms with Gasteiger partial charge in [-0.3, -0.25) is 14.5 Å². The first kappa shape index (κ1) is 22.3. The Kier molecular flexibility index (Phi) is 7.84. The predicted molar refractivity (Wildman–Crippen MR) is 124 cm³/mol. The van der Waals surface area contributed by atoms with Crippen LogP contribution in [0.2, 0.25) is 0 Å². The molecule has 2 N–H and O–H groups in total. The number of aliphatic hydroxyl groups excluding tert-OH is 1. The van der Waals surface area contributed by atoms with E-state index in [9.17, 15) is 14.7 Å². The van der Waals surface area contributed by atoms with Gasteiger partial charge < -0.3 is 15.0 Å². The van der Waals surface area contributed by atoms with Crippen LogP contribution in [0.1, 0.15) is 24.1 Å². The number of carbonyl (C=O) groups excluding carboxylic acids is 2. The number of thiocarbonyl (C=S) groups is 1. The van der Waals surface area contributed by atoms with E-state index >= 15 is 0 Å². The molecule has 1 aromatic carbocycles. The van der Waals surface area contributed by atoms with Crippen LogP contribution in [-0.4, -0.2) is 49.9 Å². The number of benzene rings is 1. The van der Waals surface area contributed by atoms with E-state index in [1.165, 1.54) is 11.8 Å². The molecule has 1 aliphatic heterocycles. The van der Waals surface area contributed by atoms with Gasteiger partial charge in [-0.15, -0.1) is 0 Å². The van der Waals surface area contributed by atoms with Gasteiger partial charge in [-0.05, 0) is 36.6 Å². The van der Waals surface area contributed by atoms with Gasteiger partial charge in [-0.25, -0.2) is 0 Å². The molecule has 2 aromatic rings. The van der Waals surface area contributed by atoms with Crippen molar-refractivity contribution in [1.82, 2.24) is 14.8 Å². The summed E-state index contributed by atoms with van der Waals surface area (Å²) in [6.45, 7) is 0.268. The normalized spacial score (nSPS) is 16.3. The summed E-state index contributed by atoms with van der Waals surface area (Å²) in [7, 11) is 1.92. The lowest BCUT2D eigenvalue weighted by molar-refractivity contribution is -0.124. The number of nitrogens with one attached hydrogen (secondary N) is 1. The maximum Gasteiger partial charge on any atom is 0.266 e. The SMILES string of the molecule is Cn1cccc1C=C1SC(=S)N(CCCC(=O)NC(CO)Cc2ccccc2)C1=O. The highest BCUT2D eigenvalue weighted by Gasteiger charge is 2.31. The molecule has 0 spiro atoms. The minimum absolute atomic E-state index is 0.121. The number of aryl methyl sites for hydroxylation is 1. The molecule has 0 saturated carbocycles. The van der Waals surface area contributed by atoms with E-state index in [0.29, 0.717) is 28.6 Å². The number of aromatic nitrogens is 1. The molecule has 0 radical (unpaired) electrons. The van der Waals surface area contributed by atoms with Crippen LogP contribution < -0.4 is 5.32 Å². The van der Waals surface area contributed by atoms with Crippen LogP contribution >= 0.6 is 24.0 Å². The molecule has 3 rings (SSSR count). The number of thioether (sulfide) groups is 1. The summed E-state index contributed by atoms with van der Waals surface area (Å²) >= 11 is 6.64. The summed E-state index contributed by atoms with van der Waals surface area (Å²) < 4.78 is 2.45. The third kappa shape index (κ3) is 5.81. The van der Waals surface area contributed by atoms with Crippen LogP contribution in [0.4, 0.5) is 0 Å². The fourth-order valence-electron chi connectivity index (χ4n) is 3.21. The molecular weight excluding hydrogens is 418 g/mol. The minimum atomic E-state index is -0.329. The molecule has 0 aliphatic carbocycles. The van der Waals surface area contributed by atoms with Crippen LogP contribution in [-0.2, 0) is 23.1 Å². The van der Waals surface area contributed by atoms with E-state index in [-0.39, 0.29) is 30.9 Å². The van der Waals surface area contributed by atoms with E-state index in [4.69, 9.17) is 12.2 Å². The number of aliphatic hydroxyl groups is 1. The fourth-order valence-corrected chi connectivity index (χ4v) is 4.50. The molecule has 8 heteroatoms. The Hall–Kier alpha value is -2.42. The second-order valence-corrected chi connectivity index (χ2v) is 8.79. The summed E-state index contributed by atoms with van der Waals surface area (Å²) in [5.74, 6) is -0.265. The Bertz CT molecular complexity index is 940. The van der Waals surface area contributed by atoms with Gasteiger partial charge in [0.25, 0.3) is 5.91 Å². The standard InChI is InChI=1S/C22H25N3O3S2/c1-24-11-5-9-18(24)14-19-21(28)25(22(29)30-19)12-6-10-20(27)23-17(15-26)13-16-7-3-2-4-8-16/h2-5,7-9,11,14,17,26H,6,10,12-13,15H2,1H3,(H,23,27). The van der Waals surface area contributed by atoms with Gasteiger partial charge >= 0.3 is 0 Å². The predicted octanol–water partition coefficient (Wildman–Crippen LogP) is 2.73. The molecule has 2 amide bonds. The van der Waals surface area contributed by atoms with Crippen LogP contribution in [0.3, 0.4) is 0 Å². The Morgan fingerprint density at radius 2 is 2.03 bits per heavy atom. The smallest absolute Gasteiger partial charge is 0.266 e. The van der Waals surface area contributed by atoms with Gasteiger partial charge in [0.05, 0.1) is 17.6 Å². The fraction of sp³-hybridized carbons (Fsp3) is 0.318. The largest absolute Gasteiger partial charge is 0.394 e. The van der Waals surface area contributed by atoms with Gasteiger partial charge in [-0.2, -0.15) is 0 Å². The average Bonchev–Trinajstić information content (AvgIpc) is 3.25. The lowest BCUT2D eigenvalue weighted by atomic mass is 10.1. The van der Waals surface area contributed by atoms with E-state index in [1.54, 1.807) is 4.90 Å². The quantitative estimate of drug-likeness (QED) is 0.461. The molecule has 2 heterocycles. The molecule has 30 heavy (non-hydrogen) atoms. The molecule has 6 nitrogen and oxygen atoms in total. The second-order valence-electron chi connectivity index (χ2n) is 7.12. The Morgan fingerprint density at radius 3 is 2.70 bits per heavy atom. The third-order valence-corrected chi connectivity index (χ3v) is 6.21. The highest BCUT2D eigenvalue weighted by molar-refractivity contribution is 8.26. The summed E-state index contributed by atoms with van der Waals surface area (Å²) in [5.41, 5.74) is 1.99. The van der Waals surface area contributed by atoms with Crippen molar-refractivity contribution in [2.24, 2.45) is 7.05 Å². The van der Waals surface area contributed by atoms with Crippen molar-refractivity contribution in [2.75, 3.05) is 13.2 Å². The van der Waals surface area contributed by atoms with Gasteiger partial charge in [0.1, 0.15) is 4.32 Å². The van der Waals surface area contributed by atoms with Crippen LogP contribution in [0.15, 0.2) is 53.6 Å². The van der Waals surface area contributed by atoms with Crippen LogP contribution in [0.25, 0.3) is 6.08 Å². The maximum absolute atomic E-state index is 12.7. The van der Waals surface area contributed by atoms with E-state index in [2.05, 4.69) is 5.32 Å². The topological polar surface area (TPSA) is 74.6 Å². The lowest BCUT2D eigenvalue weighted by Gasteiger charge is -2.17. The number of amides is 2. The van der Waals surface area contributed by atoms with Gasteiger partial charge in [0.15, 0.2) is 0 Å². The van der Waals surface area contributed by atoms with Crippen molar-refractivity contribution in [3.05, 3.63) is 64.8 Å². The summed E-state index contributed by atoms with van der Waals surface area (Å²) in [6.07, 6.45) is 5.09. The average molecular weight is 444 g/mol. The number of rotatable bonds is 9. The van der Waals surface area contributed by atoms with Crippen molar-refractivity contribution >= 4 is 46.2 Å². The zero-order chi connectivity index (χ0) is 21.5. The number of hydrogen-bond acceptors (Lipinski definition) is 5. The molecule has 1 aromatic heterocycles. The van der Waals surface area contributed by atoms with E-state index in [0.717, 1.165) is 11.3 Å². The zero-order valence-electron chi connectivity index (χ0n) is 16.8. The molecule has 1 aliphatic rings. The van der Waals surface area contributed by atoms with Crippen molar-refractivity contribution in [3.8, 4) is 0 Å². The first-order chi connectivity index (χ1) is 14.5. The molecule has 0 bridgehead atoms. The minimum Gasteiger partial charge on any atom is -0.394 e. The van der Waals surface area contributed by atoms with Crippen LogP contribution in [0, 0.1) is 0 Å². The molecule has 1 unspecified atom stereocenters. The second kappa shape index (κ2) is 10.6. The van der Waals surface area contributed by atoms with Crippen LogP contribution in [0.5, 0.6) is 0 Å². The first-order valence-corrected chi connectivity index (χ1v) is 11.0. The highest BCUT2D eigenvalue weighted by Crippen LogP contribution is 2.32. The lowest BCUT2D eigenvalue weighted by Crippen LogP contribution is -2.39. The Labute approximate surface area is 186 Å². The summed E-state index contributed by atoms with van der Waals surface area (Å²) in [6, 6.07) is 13.2. The number of carbonyl (C=O) groups is 2. The molecule has 1 atom stereocenters. The Balaban J connectivity index is 1.47. The monoisotopic (exact) mass is 443 g/mol. The molecular formula is C22H25N3O3S2. The van der Waals surface area contributed by atoms with E-state index < -0.39 is 0 Å². The summed E-state index contributed by atoms with van der Waals surface area (Å²) in [4.78, 5) is 27.1. The van der Waals surface area contributed by atoms with Crippen molar-refractivity contribution in [2.45, 2.75) is 25.3 Å². The van der Waals surface area contributed by atoms with Gasteiger partial charge in [0, 0.05) is 31.9 Å². The Morgan fingerprint density at radius 1 is 1.27 bits per heavy atom. The number of hydrogen-bond donors (Lipinski definition) is 2. The van der Waals surface area contributed by atoms with Crippen molar-refractivity contribution in [3.63, 3.8) is 0 Å².